The van der Waals surface area contributed by atoms with Crippen molar-refractivity contribution < 1.29 is 4.79 Å². The van der Waals surface area contributed by atoms with Crippen LogP contribution in [0.1, 0.15) is 37.9 Å². The number of imidazole rings is 1. The van der Waals surface area contributed by atoms with E-state index in [9.17, 15) is 9.59 Å². The van der Waals surface area contributed by atoms with Gasteiger partial charge in [-0.05, 0) is 43.2 Å². The number of hydrogen-bond acceptors (Lipinski definition) is 9. The van der Waals surface area contributed by atoms with Gasteiger partial charge in [-0.15, -0.1) is 5.53 Å². The van der Waals surface area contributed by atoms with E-state index < -0.39 is 6.04 Å². The molecule has 4 N–H and O–H groups in total. The summed E-state index contributed by atoms with van der Waals surface area (Å²) in [6.45, 7) is 1.89. The normalized spacial score (nSPS) is 18.3. The third kappa shape index (κ3) is 5.68. The van der Waals surface area contributed by atoms with Crippen molar-refractivity contribution in [3.8, 4) is 28.3 Å². The lowest BCUT2D eigenvalue weighted by Crippen LogP contribution is -2.36. The van der Waals surface area contributed by atoms with Crippen LogP contribution in [0.15, 0.2) is 83.8 Å². The Kier molecular flexibility index (Phi) is 7.57. The number of hydrogen-bond donors (Lipinski definition) is 4. The van der Waals surface area contributed by atoms with Gasteiger partial charge in [0.15, 0.2) is 5.82 Å². The number of pyridine rings is 1. The molecular formula is C30H27Cl2N11O2. The highest BCUT2D eigenvalue weighted by Crippen LogP contribution is 2.34. The van der Waals surface area contributed by atoms with Crippen LogP contribution in [0.2, 0.25) is 5.02 Å². The Hall–Kier alpha value is -4.98. The van der Waals surface area contributed by atoms with Crippen LogP contribution >= 0.6 is 23.2 Å². The van der Waals surface area contributed by atoms with Crippen molar-refractivity contribution in [1.29, 1.82) is 0 Å². The molecule has 2 aliphatic rings. The smallest absolute Gasteiger partial charge is 0.254 e. The largest absolute Gasteiger partial charge is 0.349 e. The van der Waals surface area contributed by atoms with Gasteiger partial charge in [-0.3, -0.25) is 29.6 Å². The molecule has 0 fully saturated rings. The molecule has 6 heterocycles. The molecule has 2 bridgehead atoms. The van der Waals surface area contributed by atoms with Crippen molar-refractivity contribution in [3.63, 3.8) is 0 Å². The number of amides is 1. The van der Waals surface area contributed by atoms with E-state index in [1.54, 1.807) is 63.8 Å². The van der Waals surface area contributed by atoms with Crippen LogP contribution in [0.25, 0.3) is 28.3 Å². The van der Waals surface area contributed by atoms with Gasteiger partial charge in [0.2, 0.25) is 5.91 Å². The first kappa shape index (κ1) is 28.8. The molecule has 2 atom stereocenters. The van der Waals surface area contributed by atoms with Crippen LogP contribution in [-0.2, 0) is 4.79 Å². The first-order chi connectivity index (χ1) is 21.8. The van der Waals surface area contributed by atoms with Gasteiger partial charge in [-0.25, -0.2) is 14.6 Å². The highest BCUT2D eigenvalue weighted by molar-refractivity contribution is 6.31. The number of rotatable bonds is 4. The molecule has 15 heteroatoms. The van der Waals surface area contributed by atoms with Gasteiger partial charge in [-0.1, -0.05) is 36.5 Å². The molecule has 0 spiro atoms. The standard InChI is InChI=1S/C30H27Cl2N11O2/c1-17-3-2-4-25(22-9-18(7-8-34-22)29-23(37-30(17)45)13-43(39-29)27-12-33-15-35-27)41-16-36-21(11-28(41)44)20-10-19(31)5-6-24(20)42-14-26(32)38-40-42/h5-17,25,38,40H,2-4H2,1H3,(H,33,35)(H,37,45)/t17-,25+/m1/s1. The average molecular weight is 645 g/mol. The molecule has 2 aliphatic heterocycles. The third-order valence-corrected chi connectivity index (χ3v) is 8.28. The van der Waals surface area contributed by atoms with Crippen LogP contribution in [0.5, 0.6) is 0 Å². The predicted molar refractivity (Wildman–Crippen MR) is 170 cm³/mol. The number of H-pyrrole nitrogens is 1. The van der Waals surface area contributed by atoms with Crippen molar-refractivity contribution in [2.24, 2.45) is 5.92 Å². The summed E-state index contributed by atoms with van der Waals surface area (Å²) in [5.41, 5.74) is 9.83. The quantitative estimate of drug-likeness (QED) is 0.203. The Labute approximate surface area is 266 Å². The van der Waals surface area contributed by atoms with E-state index in [2.05, 4.69) is 31.2 Å². The van der Waals surface area contributed by atoms with Gasteiger partial charge in [0.05, 0.1) is 53.9 Å². The third-order valence-electron chi connectivity index (χ3n) is 7.85. The number of halogens is 2. The monoisotopic (exact) mass is 643 g/mol. The van der Waals surface area contributed by atoms with Gasteiger partial charge in [0.25, 0.3) is 5.56 Å². The van der Waals surface area contributed by atoms with E-state index in [4.69, 9.17) is 33.3 Å². The van der Waals surface area contributed by atoms with Gasteiger partial charge >= 0.3 is 0 Å². The number of hydrazine groups is 2. The number of anilines is 2. The first-order valence-electron chi connectivity index (χ1n) is 14.3. The second kappa shape index (κ2) is 11.8. The number of carbonyl (C=O) groups is 1. The van der Waals surface area contributed by atoms with Crippen molar-refractivity contribution in [2.45, 2.75) is 32.2 Å². The number of fused-ring (bicyclic) bond motifs is 4. The van der Waals surface area contributed by atoms with E-state index in [-0.39, 0.29) is 17.4 Å². The zero-order valence-electron chi connectivity index (χ0n) is 23.9. The number of carbonyl (C=O) groups excluding carboxylic acids is 1. The molecule has 0 radical (unpaired) electrons. The minimum Gasteiger partial charge on any atom is -0.349 e. The Balaban J connectivity index is 1.29. The second-order valence-electron chi connectivity index (χ2n) is 10.8. The van der Waals surface area contributed by atoms with Crippen molar-refractivity contribution in [3.05, 3.63) is 100 Å². The van der Waals surface area contributed by atoms with E-state index in [1.165, 1.54) is 6.07 Å². The fourth-order valence-electron chi connectivity index (χ4n) is 5.52. The fraction of sp³-hybridized carbons (Fsp3) is 0.200. The summed E-state index contributed by atoms with van der Waals surface area (Å²) in [5.74, 6) is 0.203. The van der Waals surface area contributed by atoms with Gasteiger partial charge in [0.1, 0.15) is 10.9 Å². The Morgan fingerprint density at radius 2 is 1.91 bits per heavy atom. The van der Waals surface area contributed by atoms with Crippen LogP contribution in [0.4, 0.5) is 11.4 Å². The topological polar surface area (TPSA) is 151 Å². The molecule has 1 aromatic carbocycles. The zero-order chi connectivity index (χ0) is 31.1. The van der Waals surface area contributed by atoms with E-state index in [0.717, 1.165) is 5.56 Å². The van der Waals surface area contributed by atoms with Crippen molar-refractivity contribution >= 4 is 40.5 Å². The lowest BCUT2D eigenvalue weighted by atomic mass is 9.97. The molecule has 228 valence electrons. The SMILES string of the molecule is C[C@@H]1CCC[C@H](n2cnc(-c3cc(Cl)ccc3N3C=C(Cl)NN3)cc2=O)c2cc(ccn2)-c2nn(-c3c[nH]cn3)cc2NC1=O. The number of aromatic nitrogens is 7. The molecule has 4 aromatic heterocycles. The molecule has 5 aromatic rings. The summed E-state index contributed by atoms with van der Waals surface area (Å²) in [5, 5.41) is 10.4. The van der Waals surface area contributed by atoms with E-state index >= 15 is 0 Å². The van der Waals surface area contributed by atoms with Gasteiger partial charge in [-0.2, -0.15) is 5.10 Å². The highest BCUT2D eigenvalue weighted by atomic mass is 35.5. The first-order valence-corrected chi connectivity index (χ1v) is 15.0. The minimum atomic E-state index is -0.435. The number of benzene rings is 1. The summed E-state index contributed by atoms with van der Waals surface area (Å²) >= 11 is 12.4. The van der Waals surface area contributed by atoms with Gasteiger partial charge in [0, 0.05) is 40.5 Å². The van der Waals surface area contributed by atoms with Crippen LogP contribution in [0.3, 0.4) is 0 Å². The number of aromatic amines is 1. The van der Waals surface area contributed by atoms with E-state index in [0.29, 0.717) is 69.3 Å². The lowest BCUT2D eigenvalue weighted by molar-refractivity contribution is -0.119. The molecular weight excluding hydrogens is 617 g/mol. The second-order valence-corrected chi connectivity index (χ2v) is 11.7. The number of nitrogens with zero attached hydrogens (tertiary/aromatic N) is 7. The van der Waals surface area contributed by atoms with Crippen LogP contribution in [0, 0.1) is 5.92 Å². The maximum Gasteiger partial charge on any atom is 0.254 e. The summed E-state index contributed by atoms with van der Waals surface area (Å²) in [7, 11) is 0. The molecule has 7 rings (SSSR count). The van der Waals surface area contributed by atoms with Crippen molar-refractivity contribution in [1.82, 2.24) is 45.2 Å². The maximum absolute atomic E-state index is 13.8. The molecule has 1 amide bonds. The highest BCUT2D eigenvalue weighted by Gasteiger charge is 2.25. The zero-order valence-corrected chi connectivity index (χ0v) is 25.4. The minimum absolute atomic E-state index is 0.108. The predicted octanol–water partition coefficient (Wildman–Crippen LogP) is 4.75. The maximum atomic E-state index is 13.8. The fourth-order valence-corrected chi connectivity index (χ4v) is 5.83. The van der Waals surface area contributed by atoms with Gasteiger partial charge < -0.3 is 10.3 Å². The van der Waals surface area contributed by atoms with E-state index in [1.807, 2.05) is 25.1 Å². The summed E-state index contributed by atoms with van der Waals surface area (Å²) in [6.07, 6.45) is 11.8. The summed E-state index contributed by atoms with van der Waals surface area (Å²) in [4.78, 5) is 43.6. The molecule has 13 nitrogen and oxygen atoms in total. The van der Waals surface area contributed by atoms with Crippen LogP contribution < -0.4 is 26.8 Å². The van der Waals surface area contributed by atoms with Crippen molar-refractivity contribution in [2.75, 3.05) is 10.3 Å². The summed E-state index contributed by atoms with van der Waals surface area (Å²) < 4.78 is 3.20. The average Bonchev–Trinajstić information content (AvgIpc) is 3.81. The number of nitrogens with one attached hydrogen (secondary N) is 4. The molecule has 0 saturated carbocycles. The Bertz CT molecular complexity index is 1990. The molecule has 0 unspecified atom stereocenters. The Morgan fingerprint density at radius 3 is 2.69 bits per heavy atom. The molecule has 0 aliphatic carbocycles. The summed E-state index contributed by atoms with van der Waals surface area (Å²) in [6, 6.07) is 10.1. The lowest BCUT2D eigenvalue weighted by Gasteiger charge is -2.22. The molecule has 45 heavy (non-hydrogen) atoms. The van der Waals surface area contributed by atoms with Crippen LogP contribution in [-0.4, -0.2) is 40.2 Å². The Morgan fingerprint density at radius 1 is 1.02 bits per heavy atom. The molecule has 0 saturated heterocycles.